The molecule has 4 rings (SSSR count). The zero-order valence-electron chi connectivity index (χ0n) is 12.7. The molecule has 0 unspecified atom stereocenters. The van der Waals surface area contributed by atoms with E-state index >= 15 is 0 Å². The molecule has 1 saturated carbocycles. The van der Waals surface area contributed by atoms with Gasteiger partial charge in [0.1, 0.15) is 5.82 Å². The van der Waals surface area contributed by atoms with Crippen molar-refractivity contribution in [3.63, 3.8) is 0 Å². The molecule has 3 nitrogen and oxygen atoms in total. The minimum atomic E-state index is -0.115. The molecule has 0 spiro atoms. The quantitative estimate of drug-likeness (QED) is 0.732. The van der Waals surface area contributed by atoms with Gasteiger partial charge in [-0.3, -0.25) is 4.57 Å². The summed E-state index contributed by atoms with van der Waals surface area (Å²) in [6.45, 7) is 0. The maximum absolute atomic E-state index is 6.41. The van der Waals surface area contributed by atoms with E-state index < -0.39 is 0 Å². The van der Waals surface area contributed by atoms with Crippen LogP contribution in [0.4, 0.5) is 0 Å². The number of imidazole rings is 1. The summed E-state index contributed by atoms with van der Waals surface area (Å²) in [5.74, 6) is 0.933. The van der Waals surface area contributed by atoms with Gasteiger partial charge in [0.05, 0.1) is 5.69 Å². The van der Waals surface area contributed by atoms with Gasteiger partial charge in [-0.05, 0) is 52.9 Å². The van der Waals surface area contributed by atoms with Crippen molar-refractivity contribution >= 4 is 15.9 Å². The first kappa shape index (κ1) is 14.7. The van der Waals surface area contributed by atoms with Crippen LogP contribution in [0.3, 0.4) is 0 Å². The van der Waals surface area contributed by atoms with Gasteiger partial charge in [0.25, 0.3) is 0 Å². The van der Waals surface area contributed by atoms with E-state index in [0.29, 0.717) is 0 Å². The normalized spacial score (nSPS) is 16.1. The second-order valence-electron chi connectivity index (χ2n) is 6.16. The highest BCUT2D eigenvalue weighted by atomic mass is 79.9. The fraction of sp³-hybridized carbons (Fsp3) is 0.211. The summed E-state index contributed by atoms with van der Waals surface area (Å²) in [7, 11) is 0. The van der Waals surface area contributed by atoms with Crippen LogP contribution >= 0.6 is 15.9 Å². The van der Waals surface area contributed by atoms with Crippen molar-refractivity contribution in [2.45, 2.75) is 24.8 Å². The molecule has 1 aromatic heterocycles. The number of benzene rings is 2. The molecule has 4 heteroatoms. The number of nitrogens with zero attached hydrogens (tertiary/aromatic N) is 2. The van der Waals surface area contributed by atoms with Gasteiger partial charge in [-0.2, -0.15) is 0 Å². The van der Waals surface area contributed by atoms with Crippen molar-refractivity contribution in [3.05, 3.63) is 71.0 Å². The molecule has 2 aromatic carbocycles. The van der Waals surface area contributed by atoms with E-state index in [1.54, 1.807) is 0 Å². The Morgan fingerprint density at radius 1 is 1.04 bits per heavy atom. The van der Waals surface area contributed by atoms with E-state index in [-0.39, 0.29) is 5.54 Å². The molecule has 0 aliphatic heterocycles. The summed E-state index contributed by atoms with van der Waals surface area (Å²) in [5, 5.41) is 0. The number of hydrogen-bond acceptors (Lipinski definition) is 2. The van der Waals surface area contributed by atoms with Gasteiger partial charge in [0, 0.05) is 28.0 Å². The van der Waals surface area contributed by atoms with Crippen LogP contribution < -0.4 is 5.73 Å². The Kier molecular flexibility index (Phi) is 3.58. The molecule has 3 aromatic rings. The van der Waals surface area contributed by atoms with Crippen molar-refractivity contribution in [1.29, 1.82) is 0 Å². The zero-order chi connectivity index (χ0) is 15.9. The Labute approximate surface area is 144 Å². The monoisotopic (exact) mass is 367 g/mol. The molecule has 1 fully saturated rings. The molecule has 0 bridgehead atoms. The Morgan fingerprint density at radius 2 is 1.78 bits per heavy atom. The summed E-state index contributed by atoms with van der Waals surface area (Å²) in [4.78, 5) is 4.54. The lowest BCUT2D eigenvalue weighted by Crippen LogP contribution is -2.43. The first-order valence-electron chi connectivity index (χ1n) is 7.85. The molecule has 23 heavy (non-hydrogen) atoms. The molecule has 1 aliphatic rings. The number of hydrogen-bond donors (Lipinski definition) is 1. The Bertz CT molecular complexity index is 832. The first-order chi connectivity index (χ1) is 11.2. The van der Waals surface area contributed by atoms with Gasteiger partial charge in [-0.25, -0.2) is 4.98 Å². The third-order valence-electron chi connectivity index (χ3n) is 4.72. The second kappa shape index (κ2) is 5.62. The highest BCUT2D eigenvalue weighted by molar-refractivity contribution is 9.10. The number of halogens is 1. The maximum atomic E-state index is 6.41. The van der Waals surface area contributed by atoms with E-state index in [2.05, 4.69) is 55.8 Å². The second-order valence-corrected chi connectivity index (χ2v) is 7.01. The lowest BCUT2D eigenvalue weighted by atomic mass is 9.73. The summed E-state index contributed by atoms with van der Waals surface area (Å²) in [6.07, 6.45) is 7.21. The molecule has 1 aliphatic carbocycles. The summed E-state index contributed by atoms with van der Waals surface area (Å²) in [6, 6.07) is 16.7. The Balaban J connectivity index is 1.72. The molecule has 0 amide bonds. The van der Waals surface area contributed by atoms with Crippen molar-refractivity contribution in [2.24, 2.45) is 5.73 Å². The molecular weight excluding hydrogens is 350 g/mol. The minimum absolute atomic E-state index is 0.115. The summed E-state index contributed by atoms with van der Waals surface area (Å²) >= 11 is 3.61. The van der Waals surface area contributed by atoms with Crippen LogP contribution in [0.1, 0.15) is 24.8 Å². The van der Waals surface area contributed by atoms with Crippen molar-refractivity contribution < 1.29 is 0 Å². The predicted octanol–water partition coefficient (Wildman–Crippen LogP) is 4.64. The van der Waals surface area contributed by atoms with Crippen LogP contribution in [0.25, 0.3) is 17.1 Å². The van der Waals surface area contributed by atoms with Crippen LogP contribution in [0, 0.1) is 0 Å². The fourth-order valence-corrected chi connectivity index (χ4v) is 3.63. The molecule has 1 heterocycles. The van der Waals surface area contributed by atoms with E-state index in [1.807, 2.05) is 30.6 Å². The average Bonchev–Trinajstić information content (AvgIpc) is 3.02. The molecular formula is C19H18BrN3. The van der Waals surface area contributed by atoms with Crippen LogP contribution in [-0.2, 0) is 5.54 Å². The predicted molar refractivity (Wildman–Crippen MR) is 96.4 cm³/mol. The van der Waals surface area contributed by atoms with Crippen molar-refractivity contribution in [3.8, 4) is 17.1 Å². The molecule has 2 N–H and O–H groups in total. The SMILES string of the molecule is NC1(c2ccc(-c3nccn3-c3ccccc3Br)cc2)CCC1. The lowest BCUT2D eigenvalue weighted by Gasteiger charge is -2.38. The van der Waals surface area contributed by atoms with Gasteiger partial charge in [0.2, 0.25) is 0 Å². The van der Waals surface area contributed by atoms with Crippen LogP contribution in [0.5, 0.6) is 0 Å². The molecule has 0 saturated heterocycles. The number of rotatable bonds is 3. The largest absolute Gasteiger partial charge is 0.321 e. The van der Waals surface area contributed by atoms with Crippen LogP contribution in [0.2, 0.25) is 0 Å². The third-order valence-corrected chi connectivity index (χ3v) is 5.39. The number of para-hydroxylation sites is 1. The summed E-state index contributed by atoms with van der Waals surface area (Å²) in [5.41, 5.74) is 9.70. The van der Waals surface area contributed by atoms with E-state index in [0.717, 1.165) is 34.4 Å². The highest BCUT2D eigenvalue weighted by Gasteiger charge is 2.34. The van der Waals surface area contributed by atoms with Gasteiger partial charge in [0.15, 0.2) is 0 Å². The van der Waals surface area contributed by atoms with Gasteiger partial charge >= 0.3 is 0 Å². The lowest BCUT2D eigenvalue weighted by molar-refractivity contribution is 0.253. The molecule has 116 valence electrons. The minimum Gasteiger partial charge on any atom is -0.321 e. The average molecular weight is 368 g/mol. The standard InChI is InChI=1S/C19H18BrN3/c20-16-4-1-2-5-17(16)23-13-12-22-18(23)14-6-8-15(9-7-14)19(21)10-3-11-19/h1-2,4-9,12-13H,3,10-11,21H2. The van der Waals surface area contributed by atoms with Crippen molar-refractivity contribution in [2.75, 3.05) is 0 Å². The van der Waals surface area contributed by atoms with E-state index in [4.69, 9.17) is 5.73 Å². The molecule has 0 atom stereocenters. The van der Waals surface area contributed by atoms with Crippen LogP contribution in [0.15, 0.2) is 65.4 Å². The van der Waals surface area contributed by atoms with Crippen molar-refractivity contribution in [1.82, 2.24) is 9.55 Å². The third kappa shape index (κ3) is 2.52. The van der Waals surface area contributed by atoms with E-state index in [1.165, 1.54) is 12.0 Å². The Hall–Kier alpha value is -1.91. The highest BCUT2D eigenvalue weighted by Crippen LogP contribution is 2.39. The summed E-state index contributed by atoms with van der Waals surface area (Å²) < 4.78 is 3.15. The van der Waals surface area contributed by atoms with Gasteiger partial charge in [-0.15, -0.1) is 0 Å². The maximum Gasteiger partial charge on any atom is 0.144 e. The first-order valence-corrected chi connectivity index (χ1v) is 8.65. The van der Waals surface area contributed by atoms with Gasteiger partial charge in [-0.1, -0.05) is 36.4 Å². The Morgan fingerprint density at radius 3 is 2.43 bits per heavy atom. The number of nitrogens with two attached hydrogens (primary N) is 1. The van der Waals surface area contributed by atoms with Crippen LogP contribution in [-0.4, -0.2) is 9.55 Å². The fourth-order valence-electron chi connectivity index (χ4n) is 3.16. The number of aromatic nitrogens is 2. The molecule has 0 radical (unpaired) electrons. The smallest absolute Gasteiger partial charge is 0.144 e. The zero-order valence-corrected chi connectivity index (χ0v) is 14.3. The van der Waals surface area contributed by atoms with E-state index in [9.17, 15) is 0 Å². The van der Waals surface area contributed by atoms with Gasteiger partial charge < -0.3 is 5.73 Å². The topological polar surface area (TPSA) is 43.8 Å².